The topological polar surface area (TPSA) is 85.8 Å². The van der Waals surface area contributed by atoms with Gasteiger partial charge in [0.1, 0.15) is 23.3 Å². The van der Waals surface area contributed by atoms with Crippen LogP contribution in [0.5, 0.6) is 0 Å². The average molecular weight is 331 g/mol. The normalized spacial score (nSPS) is 10.3. The van der Waals surface area contributed by atoms with Crippen molar-refractivity contribution in [1.82, 2.24) is 4.98 Å². The van der Waals surface area contributed by atoms with Crippen LogP contribution in [-0.4, -0.2) is 10.9 Å². The number of aryl methyl sites for hydroxylation is 1. The van der Waals surface area contributed by atoms with Gasteiger partial charge >= 0.3 is 0 Å². The summed E-state index contributed by atoms with van der Waals surface area (Å²) < 4.78 is 26.4. The minimum absolute atomic E-state index is 0.0144. The fourth-order valence-corrected chi connectivity index (χ4v) is 2.46. The highest BCUT2D eigenvalue weighted by molar-refractivity contribution is 5.91. The first-order chi connectivity index (χ1) is 11.3. The molecule has 7 heteroatoms. The summed E-state index contributed by atoms with van der Waals surface area (Å²) >= 11 is 0. The summed E-state index contributed by atoms with van der Waals surface area (Å²) in [5.74, 6) is -2.04. The Morgan fingerprint density at radius 1 is 1.33 bits per heavy atom. The van der Waals surface area contributed by atoms with E-state index < -0.39 is 23.1 Å². The minimum atomic E-state index is -0.855. The highest BCUT2D eigenvalue weighted by atomic mass is 19.1. The van der Waals surface area contributed by atoms with Crippen molar-refractivity contribution in [2.75, 3.05) is 5.32 Å². The molecule has 1 aromatic carbocycles. The van der Waals surface area contributed by atoms with Gasteiger partial charge in [0.05, 0.1) is 5.69 Å². The molecule has 0 aliphatic carbocycles. The van der Waals surface area contributed by atoms with Gasteiger partial charge in [-0.3, -0.25) is 9.59 Å². The Labute approximate surface area is 136 Å². The van der Waals surface area contributed by atoms with Gasteiger partial charge in [-0.1, -0.05) is 0 Å². The van der Waals surface area contributed by atoms with Crippen molar-refractivity contribution >= 4 is 11.6 Å². The Bertz CT molecular complexity index is 898. The predicted octanol–water partition coefficient (Wildman–Crippen LogP) is 2.71. The van der Waals surface area contributed by atoms with E-state index in [1.54, 1.807) is 13.8 Å². The summed E-state index contributed by atoms with van der Waals surface area (Å²) in [6.07, 6.45) is 0.299. The molecule has 0 saturated carbocycles. The molecule has 0 fully saturated rings. The molecule has 5 nitrogen and oxygen atoms in total. The lowest BCUT2D eigenvalue weighted by atomic mass is 9.99. The van der Waals surface area contributed by atoms with E-state index in [1.165, 1.54) is 0 Å². The van der Waals surface area contributed by atoms with E-state index in [9.17, 15) is 18.4 Å². The van der Waals surface area contributed by atoms with Crippen molar-refractivity contribution in [2.45, 2.75) is 26.7 Å². The number of H-pyrrole nitrogens is 1. The number of nitrogens with one attached hydrogen (secondary N) is 2. The van der Waals surface area contributed by atoms with E-state index in [0.29, 0.717) is 22.9 Å². The summed E-state index contributed by atoms with van der Waals surface area (Å²) in [5, 5.41) is 11.4. The molecular formula is C17H15F2N3O2. The molecule has 1 aromatic heterocycles. The van der Waals surface area contributed by atoms with Gasteiger partial charge in [-0.25, -0.2) is 8.78 Å². The smallest absolute Gasteiger partial charge is 0.266 e. The fourth-order valence-electron chi connectivity index (χ4n) is 2.46. The zero-order valence-electron chi connectivity index (χ0n) is 13.2. The Balaban J connectivity index is 2.12. The molecule has 124 valence electrons. The summed E-state index contributed by atoms with van der Waals surface area (Å²) in [5.41, 5.74) is 1.25. The lowest BCUT2D eigenvalue weighted by Crippen LogP contribution is -2.18. The Morgan fingerprint density at radius 2 is 2.04 bits per heavy atom. The zero-order valence-corrected chi connectivity index (χ0v) is 13.2. The first-order valence-electron chi connectivity index (χ1n) is 7.20. The maximum Gasteiger partial charge on any atom is 0.266 e. The molecule has 24 heavy (non-hydrogen) atoms. The highest BCUT2D eigenvalue weighted by Gasteiger charge is 2.14. The van der Waals surface area contributed by atoms with Gasteiger partial charge in [0.2, 0.25) is 5.91 Å². The largest absolute Gasteiger partial charge is 0.325 e. The van der Waals surface area contributed by atoms with Crippen molar-refractivity contribution < 1.29 is 13.6 Å². The van der Waals surface area contributed by atoms with E-state index in [2.05, 4.69) is 10.3 Å². The van der Waals surface area contributed by atoms with Crippen molar-refractivity contribution in [3.8, 4) is 6.07 Å². The van der Waals surface area contributed by atoms with E-state index in [0.717, 1.165) is 12.1 Å². The third-order valence-electron chi connectivity index (χ3n) is 3.73. The van der Waals surface area contributed by atoms with Crippen LogP contribution in [-0.2, 0) is 11.2 Å². The van der Waals surface area contributed by atoms with Crippen LogP contribution < -0.4 is 10.9 Å². The van der Waals surface area contributed by atoms with Crippen molar-refractivity contribution in [2.24, 2.45) is 0 Å². The van der Waals surface area contributed by atoms with Crippen LogP contribution in [0.3, 0.4) is 0 Å². The van der Waals surface area contributed by atoms with Crippen LogP contribution in [0.4, 0.5) is 14.5 Å². The SMILES string of the molecule is Cc1[nH]c(=O)c(C#N)c(C)c1CCC(=O)Nc1ccc(F)cc1F. The van der Waals surface area contributed by atoms with Crippen LogP contribution in [0, 0.1) is 36.8 Å². The number of aromatic amines is 1. The molecule has 0 bridgehead atoms. The molecule has 2 N–H and O–H groups in total. The number of amides is 1. The summed E-state index contributed by atoms with van der Waals surface area (Å²) in [7, 11) is 0. The number of halogens is 2. The van der Waals surface area contributed by atoms with Crippen LogP contribution in [0.2, 0.25) is 0 Å². The molecule has 0 radical (unpaired) electrons. The van der Waals surface area contributed by atoms with Gasteiger partial charge in [-0.05, 0) is 43.5 Å². The maximum absolute atomic E-state index is 13.5. The number of benzene rings is 1. The van der Waals surface area contributed by atoms with E-state index in [1.807, 2.05) is 6.07 Å². The third-order valence-corrected chi connectivity index (χ3v) is 3.73. The van der Waals surface area contributed by atoms with Gasteiger partial charge in [0.25, 0.3) is 5.56 Å². The first-order valence-corrected chi connectivity index (χ1v) is 7.20. The van der Waals surface area contributed by atoms with E-state index in [-0.39, 0.29) is 24.1 Å². The lowest BCUT2D eigenvalue weighted by molar-refractivity contribution is -0.116. The Morgan fingerprint density at radius 3 is 2.67 bits per heavy atom. The van der Waals surface area contributed by atoms with Crippen LogP contribution >= 0.6 is 0 Å². The molecule has 0 aliphatic heterocycles. The number of hydrogen-bond acceptors (Lipinski definition) is 3. The molecule has 2 rings (SSSR count). The first kappa shape index (κ1) is 17.3. The van der Waals surface area contributed by atoms with Crippen molar-refractivity contribution in [3.05, 3.63) is 62.6 Å². The molecule has 0 aliphatic rings. The number of carbonyl (C=O) groups excluding carboxylic acids is 1. The lowest BCUT2D eigenvalue weighted by Gasteiger charge is -2.11. The standard InChI is InChI=1S/C17H15F2N3O2/c1-9-12(10(2)21-17(24)13(9)8-20)4-6-16(23)22-15-5-3-11(18)7-14(15)19/h3,5,7H,4,6H2,1-2H3,(H,21,24)(H,22,23). The van der Waals surface area contributed by atoms with Crippen LogP contribution in [0.1, 0.15) is 28.8 Å². The second kappa shape index (κ2) is 7.04. The number of carbonyl (C=O) groups is 1. The summed E-state index contributed by atoms with van der Waals surface area (Å²) in [4.78, 5) is 26.2. The fraction of sp³-hybridized carbons (Fsp3) is 0.235. The van der Waals surface area contributed by atoms with E-state index >= 15 is 0 Å². The molecule has 1 amide bonds. The number of nitriles is 1. The summed E-state index contributed by atoms with van der Waals surface area (Å²) in [6, 6.07) is 4.72. The van der Waals surface area contributed by atoms with Gasteiger partial charge < -0.3 is 10.3 Å². The minimum Gasteiger partial charge on any atom is -0.325 e. The van der Waals surface area contributed by atoms with E-state index in [4.69, 9.17) is 5.26 Å². The molecule has 0 saturated heterocycles. The van der Waals surface area contributed by atoms with Gasteiger partial charge in [0.15, 0.2) is 0 Å². The molecule has 0 spiro atoms. The highest BCUT2D eigenvalue weighted by Crippen LogP contribution is 2.17. The van der Waals surface area contributed by atoms with Crippen molar-refractivity contribution in [3.63, 3.8) is 0 Å². The van der Waals surface area contributed by atoms with Gasteiger partial charge in [0, 0.05) is 18.2 Å². The van der Waals surface area contributed by atoms with Crippen LogP contribution in [0.15, 0.2) is 23.0 Å². The molecular weight excluding hydrogens is 316 g/mol. The second-order valence-electron chi connectivity index (χ2n) is 5.34. The van der Waals surface area contributed by atoms with Crippen LogP contribution in [0.25, 0.3) is 0 Å². The number of hydrogen-bond donors (Lipinski definition) is 2. The maximum atomic E-state index is 13.5. The molecule has 2 aromatic rings. The van der Waals surface area contributed by atoms with Gasteiger partial charge in [-0.2, -0.15) is 5.26 Å². The number of aromatic nitrogens is 1. The Kier molecular flexibility index (Phi) is 5.09. The number of pyridine rings is 1. The molecule has 0 atom stereocenters. The monoisotopic (exact) mass is 331 g/mol. The number of rotatable bonds is 4. The Hall–Kier alpha value is -3.01. The number of anilines is 1. The summed E-state index contributed by atoms with van der Waals surface area (Å²) in [6.45, 7) is 3.33. The number of nitrogens with zero attached hydrogens (tertiary/aromatic N) is 1. The van der Waals surface area contributed by atoms with Crippen molar-refractivity contribution in [1.29, 1.82) is 5.26 Å². The zero-order chi connectivity index (χ0) is 17.9. The third kappa shape index (κ3) is 3.66. The van der Waals surface area contributed by atoms with Gasteiger partial charge in [-0.15, -0.1) is 0 Å². The second-order valence-corrected chi connectivity index (χ2v) is 5.34. The quantitative estimate of drug-likeness (QED) is 0.903. The average Bonchev–Trinajstić information content (AvgIpc) is 2.50. The molecule has 0 unspecified atom stereocenters. The molecule has 1 heterocycles. The predicted molar refractivity (Wildman–Crippen MR) is 84.6 cm³/mol.